The van der Waals surface area contributed by atoms with Crippen LogP contribution in [0, 0.1) is 0 Å². The first-order chi connectivity index (χ1) is 13.8. The second-order valence-electron chi connectivity index (χ2n) is 6.75. The van der Waals surface area contributed by atoms with E-state index in [9.17, 15) is 14.4 Å². The van der Waals surface area contributed by atoms with Gasteiger partial charge in [0.05, 0.1) is 6.54 Å². The zero-order valence-corrected chi connectivity index (χ0v) is 16.7. The van der Waals surface area contributed by atoms with Crippen LogP contribution in [0.5, 0.6) is 5.75 Å². The minimum absolute atomic E-state index is 0.0263. The first-order valence-electron chi connectivity index (χ1n) is 9.32. The van der Waals surface area contributed by atoms with Gasteiger partial charge in [0.2, 0.25) is 11.8 Å². The number of benzene rings is 2. The summed E-state index contributed by atoms with van der Waals surface area (Å²) in [4.78, 5) is 38.1. The monoisotopic (exact) mass is 398 g/mol. The average molecular weight is 398 g/mol. The molecule has 0 aromatic heterocycles. The largest absolute Gasteiger partial charge is 0.482 e. The number of nitrogens with zero attached hydrogens (tertiary/aromatic N) is 2. The summed E-state index contributed by atoms with van der Waals surface area (Å²) < 4.78 is 5.09. The van der Waals surface area contributed by atoms with Crippen molar-refractivity contribution in [3.63, 3.8) is 0 Å². The van der Waals surface area contributed by atoms with E-state index >= 15 is 0 Å². The van der Waals surface area contributed by atoms with Crippen molar-refractivity contribution in [3.05, 3.63) is 65.7 Å². The maximum atomic E-state index is 12.6. The minimum atomic E-state index is -1.04. The Labute approximate surface area is 170 Å². The van der Waals surface area contributed by atoms with E-state index in [0.717, 1.165) is 11.1 Å². The number of carbonyl (C=O) groups excluding carboxylic acids is 2. The molecule has 0 bridgehead atoms. The Balaban J connectivity index is 1.87. The van der Waals surface area contributed by atoms with Gasteiger partial charge in [-0.15, -0.1) is 0 Å². The molecule has 2 rings (SSSR count). The molecule has 0 atom stereocenters. The van der Waals surface area contributed by atoms with E-state index < -0.39 is 12.6 Å². The Morgan fingerprint density at radius 3 is 2.21 bits per heavy atom. The quantitative estimate of drug-likeness (QED) is 0.663. The van der Waals surface area contributed by atoms with Gasteiger partial charge in [-0.2, -0.15) is 0 Å². The number of hydrogen-bond acceptors (Lipinski definition) is 4. The third-order valence-electron chi connectivity index (χ3n) is 4.42. The number of carboxylic acid groups (broad SMARTS) is 1. The first-order valence-corrected chi connectivity index (χ1v) is 9.32. The van der Waals surface area contributed by atoms with Crippen LogP contribution < -0.4 is 4.74 Å². The fraction of sp³-hybridized carbons (Fsp3) is 0.318. The molecule has 7 heteroatoms. The molecule has 1 N–H and O–H groups in total. The summed E-state index contributed by atoms with van der Waals surface area (Å²) in [6, 6.07) is 16.7. The van der Waals surface area contributed by atoms with E-state index in [-0.39, 0.29) is 18.4 Å². The van der Waals surface area contributed by atoms with E-state index in [4.69, 9.17) is 9.84 Å². The molecule has 0 unspecified atom stereocenters. The number of likely N-dealkylation sites (N-methyl/N-ethyl adjacent to an activating group) is 1. The van der Waals surface area contributed by atoms with E-state index in [1.54, 1.807) is 41.1 Å². The fourth-order valence-electron chi connectivity index (χ4n) is 2.74. The Morgan fingerprint density at radius 2 is 1.62 bits per heavy atom. The molecular weight excluding hydrogens is 372 g/mol. The normalized spacial score (nSPS) is 10.3. The maximum Gasteiger partial charge on any atom is 0.341 e. The van der Waals surface area contributed by atoms with Crippen LogP contribution in [0.25, 0.3) is 0 Å². The Morgan fingerprint density at radius 1 is 0.966 bits per heavy atom. The average Bonchev–Trinajstić information content (AvgIpc) is 2.70. The zero-order chi connectivity index (χ0) is 21.2. The lowest BCUT2D eigenvalue weighted by Crippen LogP contribution is -2.41. The molecule has 0 aliphatic rings. The molecule has 0 aliphatic heterocycles. The Bertz CT molecular complexity index is 821. The van der Waals surface area contributed by atoms with Gasteiger partial charge < -0.3 is 19.6 Å². The van der Waals surface area contributed by atoms with E-state index in [2.05, 4.69) is 0 Å². The Hall–Kier alpha value is -3.35. The van der Waals surface area contributed by atoms with Crippen molar-refractivity contribution in [1.29, 1.82) is 0 Å². The molecule has 29 heavy (non-hydrogen) atoms. The van der Waals surface area contributed by atoms with Gasteiger partial charge in [-0.05, 0) is 29.7 Å². The standard InChI is InChI=1S/C22H26N2O5/c1-17(25)24(13-12-18-6-4-3-5-7-18)15-21(26)23(2)14-19-8-10-20(11-9-19)29-16-22(27)28/h3-11H,12-16H2,1-2H3,(H,27,28). The SMILES string of the molecule is CC(=O)N(CCc1ccccc1)CC(=O)N(C)Cc1ccc(OCC(=O)O)cc1. The molecule has 2 aromatic carbocycles. The minimum Gasteiger partial charge on any atom is -0.482 e. The summed E-state index contributed by atoms with van der Waals surface area (Å²) in [6.45, 7) is 1.95. The molecule has 0 spiro atoms. The highest BCUT2D eigenvalue weighted by Crippen LogP contribution is 2.13. The van der Waals surface area contributed by atoms with Gasteiger partial charge in [-0.3, -0.25) is 9.59 Å². The summed E-state index contributed by atoms with van der Waals surface area (Å²) >= 11 is 0. The predicted molar refractivity (Wildman–Crippen MR) is 108 cm³/mol. The van der Waals surface area contributed by atoms with Crippen LogP contribution in [0.2, 0.25) is 0 Å². The smallest absolute Gasteiger partial charge is 0.341 e. The van der Waals surface area contributed by atoms with Gasteiger partial charge in [0.1, 0.15) is 5.75 Å². The second kappa shape index (κ2) is 10.8. The van der Waals surface area contributed by atoms with Crippen molar-refractivity contribution in [2.75, 3.05) is 26.7 Å². The second-order valence-corrected chi connectivity index (χ2v) is 6.75. The Kier molecular flexibility index (Phi) is 8.21. The first kappa shape index (κ1) is 21.9. The van der Waals surface area contributed by atoms with Gasteiger partial charge in [0.15, 0.2) is 6.61 Å². The highest BCUT2D eigenvalue weighted by molar-refractivity contribution is 5.83. The number of carboxylic acids is 1. The van der Waals surface area contributed by atoms with Crippen molar-refractivity contribution in [2.45, 2.75) is 19.9 Å². The van der Waals surface area contributed by atoms with Gasteiger partial charge in [-0.25, -0.2) is 4.79 Å². The number of carbonyl (C=O) groups is 3. The van der Waals surface area contributed by atoms with Crippen LogP contribution in [0.3, 0.4) is 0 Å². The maximum absolute atomic E-state index is 12.6. The summed E-state index contributed by atoms with van der Waals surface area (Å²) in [6.07, 6.45) is 0.690. The van der Waals surface area contributed by atoms with Crippen LogP contribution in [0.15, 0.2) is 54.6 Å². The van der Waals surface area contributed by atoms with Crippen molar-refractivity contribution < 1.29 is 24.2 Å². The van der Waals surface area contributed by atoms with Crippen LogP contribution in [-0.4, -0.2) is 59.4 Å². The zero-order valence-electron chi connectivity index (χ0n) is 16.7. The number of rotatable bonds is 10. The van der Waals surface area contributed by atoms with E-state index in [1.165, 1.54) is 6.92 Å². The van der Waals surface area contributed by atoms with Crippen LogP contribution in [0.1, 0.15) is 18.1 Å². The highest BCUT2D eigenvalue weighted by Gasteiger charge is 2.17. The molecule has 0 fully saturated rings. The molecule has 7 nitrogen and oxygen atoms in total. The van der Waals surface area contributed by atoms with Crippen LogP contribution >= 0.6 is 0 Å². The van der Waals surface area contributed by atoms with Crippen molar-refractivity contribution in [2.24, 2.45) is 0 Å². The highest BCUT2D eigenvalue weighted by atomic mass is 16.5. The summed E-state index contributed by atoms with van der Waals surface area (Å²) in [5.74, 6) is -0.877. The molecule has 2 amide bonds. The summed E-state index contributed by atoms with van der Waals surface area (Å²) in [5.41, 5.74) is 1.99. The van der Waals surface area contributed by atoms with Crippen molar-refractivity contribution in [1.82, 2.24) is 9.80 Å². The lowest BCUT2D eigenvalue weighted by atomic mass is 10.1. The predicted octanol–water partition coefficient (Wildman–Crippen LogP) is 2.20. The molecule has 2 aromatic rings. The lowest BCUT2D eigenvalue weighted by molar-refractivity contribution is -0.139. The van der Waals surface area contributed by atoms with Crippen molar-refractivity contribution in [3.8, 4) is 5.75 Å². The molecule has 0 radical (unpaired) electrons. The number of ether oxygens (including phenoxy) is 1. The lowest BCUT2D eigenvalue weighted by Gasteiger charge is -2.24. The molecule has 0 aliphatic carbocycles. The van der Waals surface area contributed by atoms with Gasteiger partial charge in [0.25, 0.3) is 0 Å². The molecule has 0 saturated heterocycles. The fourth-order valence-corrected chi connectivity index (χ4v) is 2.74. The van der Waals surface area contributed by atoms with E-state index in [1.807, 2.05) is 30.3 Å². The summed E-state index contributed by atoms with van der Waals surface area (Å²) in [5, 5.41) is 8.63. The van der Waals surface area contributed by atoms with Gasteiger partial charge >= 0.3 is 5.97 Å². The van der Waals surface area contributed by atoms with Crippen LogP contribution in [0.4, 0.5) is 0 Å². The molecule has 0 saturated carbocycles. The van der Waals surface area contributed by atoms with Crippen molar-refractivity contribution >= 4 is 17.8 Å². The van der Waals surface area contributed by atoms with E-state index in [0.29, 0.717) is 25.3 Å². The molecule has 154 valence electrons. The van der Waals surface area contributed by atoms with Gasteiger partial charge in [-0.1, -0.05) is 42.5 Å². The number of aliphatic carboxylic acids is 1. The van der Waals surface area contributed by atoms with Crippen LogP contribution in [-0.2, 0) is 27.3 Å². The molecular formula is C22H26N2O5. The number of hydrogen-bond donors (Lipinski definition) is 1. The third kappa shape index (κ3) is 7.65. The number of amides is 2. The third-order valence-corrected chi connectivity index (χ3v) is 4.42. The topological polar surface area (TPSA) is 87.2 Å². The summed E-state index contributed by atoms with van der Waals surface area (Å²) in [7, 11) is 1.69. The van der Waals surface area contributed by atoms with Gasteiger partial charge in [0, 0.05) is 27.1 Å². The molecule has 0 heterocycles.